The maximum atomic E-state index is 11.2. The first-order chi connectivity index (χ1) is 15.7. The van der Waals surface area contributed by atoms with Gasteiger partial charge in [0.2, 0.25) is 0 Å². The number of nitrogen functional groups attached to an aromatic ring is 1. The van der Waals surface area contributed by atoms with Gasteiger partial charge in [-0.15, -0.1) is 0 Å². The number of ether oxygens (including phenoxy) is 2. The third-order valence-corrected chi connectivity index (χ3v) is 5.34. The fourth-order valence-electron chi connectivity index (χ4n) is 3.70. The molecule has 2 N–H and O–H groups in total. The maximum Gasteiger partial charge on any atom is 0.305 e. The molecular formula is C26H27N3O3. The van der Waals surface area contributed by atoms with Gasteiger partial charge in [0.15, 0.2) is 0 Å². The first-order valence-electron chi connectivity index (χ1n) is 10.8. The summed E-state index contributed by atoms with van der Waals surface area (Å²) in [5.41, 5.74) is 10.6. The average molecular weight is 430 g/mol. The summed E-state index contributed by atoms with van der Waals surface area (Å²) >= 11 is 0. The molecule has 164 valence electrons. The Morgan fingerprint density at radius 2 is 1.69 bits per heavy atom. The predicted molar refractivity (Wildman–Crippen MR) is 127 cm³/mol. The second-order valence-electron chi connectivity index (χ2n) is 7.59. The summed E-state index contributed by atoms with van der Waals surface area (Å²) in [6, 6.07) is 24.1. The van der Waals surface area contributed by atoms with Gasteiger partial charge in [-0.1, -0.05) is 48.5 Å². The topological polar surface area (TPSA) is 79.4 Å². The maximum absolute atomic E-state index is 11.2. The van der Waals surface area contributed by atoms with Crippen molar-refractivity contribution in [2.24, 2.45) is 0 Å². The monoisotopic (exact) mass is 429 g/mol. The van der Waals surface area contributed by atoms with E-state index in [0.717, 1.165) is 47.4 Å². The van der Waals surface area contributed by atoms with Gasteiger partial charge in [-0.2, -0.15) is 0 Å². The van der Waals surface area contributed by atoms with Crippen LogP contribution in [0.3, 0.4) is 0 Å². The molecule has 1 aromatic heterocycles. The van der Waals surface area contributed by atoms with Crippen LogP contribution in [0.4, 0.5) is 5.69 Å². The zero-order chi connectivity index (χ0) is 22.3. The molecule has 0 spiro atoms. The standard InChI is InChI=1S/C26H27N3O3/c1-31-25(30)15-9-4-10-16-32-24-18-23-22(17-21(24)27)28-26(19-11-5-2-6-12-19)29(23)20-13-7-3-8-14-20/h2-3,5-8,11-14,17-18H,4,9-10,15-16,27H2,1H3. The number of nitrogens with two attached hydrogens (primary N) is 1. The molecule has 0 amide bonds. The fourth-order valence-corrected chi connectivity index (χ4v) is 3.70. The SMILES string of the molecule is COC(=O)CCCCCOc1cc2c(cc1N)nc(-c1ccccc1)n2-c1ccccc1. The van der Waals surface area contributed by atoms with Crippen LogP contribution in [0.15, 0.2) is 72.8 Å². The van der Waals surface area contributed by atoms with Gasteiger partial charge in [0.25, 0.3) is 0 Å². The Balaban J connectivity index is 1.61. The number of anilines is 1. The Hall–Kier alpha value is -3.80. The lowest BCUT2D eigenvalue weighted by molar-refractivity contribution is -0.140. The number of unbranched alkanes of at least 4 members (excludes halogenated alkanes) is 2. The normalized spacial score (nSPS) is 10.9. The van der Waals surface area contributed by atoms with Crippen molar-refractivity contribution >= 4 is 22.7 Å². The predicted octanol–water partition coefficient (Wildman–Crippen LogP) is 5.39. The second-order valence-corrected chi connectivity index (χ2v) is 7.59. The number of aromatic nitrogens is 2. The molecule has 0 bridgehead atoms. The Kier molecular flexibility index (Phi) is 6.70. The van der Waals surface area contributed by atoms with Crippen molar-refractivity contribution in [3.8, 4) is 22.8 Å². The summed E-state index contributed by atoms with van der Waals surface area (Å²) in [7, 11) is 1.41. The van der Waals surface area contributed by atoms with Gasteiger partial charge >= 0.3 is 5.97 Å². The highest BCUT2D eigenvalue weighted by molar-refractivity contribution is 5.88. The van der Waals surface area contributed by atoms with Crippen LogP contribution in [-0.2, 0) is 9.53 Å². The number of para-hydroxylation sites is 1. The molecule has 0 fully saturated rings. The number of carbonyl (C=O) groups is 1. The molecule has 6 nitrogen and oxygen atoms in total. The first-order valence-corrected chi connectivity index (χ1v) is 10.8. The van der Waals surface area contributed by atoms with Crippen LogP contribution in [0.25, 0.3) is 28.1 Å². The van der Waals surface area contributed by atoms with Gasteiger partial charge in [-0.3, -0.25) is 9.36 Å². The van der Waals surface area contributed by atoms with E-state index in [4.69, 9.17) is 15.5 Å². The second kappa shape index (κ2) is 10.0. The van der Waals surface area contributed by atoms with Crippen molar-refractivity contribution in [1.82, 2.24) is 9.55 Å². The lowest BCUT2D eigenvalue weighted by atomic mass is 10.2. The van der Waals surface area contributed by atoms with Gasteiger partial charge in [0.1, 0.15) is 11.6 Å². The molecule has 0 radical (unpaired) electrons. The van der Waals surface area contributed by atoms with Gasteiger partial charge in [-0.05, 0) is 37.5 Å². The number of benzene rings is 3. The Morgan fingerprint density at radius 1 is 0.969 bits per heavy atom. The van der Waals surface area contributed by atoms with E-state index in [-0.39, 0.29) is 5.97 Å². The minimum absolute atomic E-state index is 0.177. The quantitative estimate of drug-likeness (QED) is 0.219. The third kappa shape index (κ3) is 4.75. The van der Waals surface area contributed by atoms with E-state index in [0.29, 0.717) is 24.5 Å². The van der Waals surface area contributed by atoms with Crippen molar-refractivity contribution < 1.29 is 14.3 Å². The number of imidazole rings is 1. The van der Waals surface area contributed by atoms with Crippen LogP contribution in [-0.4, -0.2) is 29.2 Å². The van der Waals surface area contributed by atoms with Crippen molar-refractivity contribution in [1.29, 1.82) is 0 Å². The van der Waals surface area contributed by atoms with E-state index in [2.05, 4.69) is 33.6 Å². The van der Waals surface area contributed by atoms with Crippen LogP contribution in [0.2, 0.25) is 0 Å². The number of hydrogen-bond acceptors (Lipinski definition) is 5. The smallest absolute Gasteiger partial charge is 0.305 e. The lowest BCUT2D eigenvalue weighted by Gasteiger charge is -2.12. The Morgan fingerprint density at radius 3 is 2.41 bits per heavy atom. The summed E-state index contributed by atoms with van der Waals surface area (Å²) in [6.07, 6.45) is 2.94. The molecule has 32 heavy (non-hydrogen) atoms. The van der Waals surface area contributed by atoms with E-state index in [1.165, 1.54) is 7.11 Å². The largest absolute Gasteiger partial charge is 0.491 e. The minimum Gasteiger partial charge on any atom is -0.491 e. The third-order valence-electron chi connectivity index (χ3n) is 5.34. The van der Waals surface area contributed by atoms with Crippen molar-refractivity contribution in [2.45, 2.75) is 25.7 Å². The van der Waals surface area contributed by atoms with Crippen LogP contribution in [0.1, 0.15) is 25.7 Å². The molecule has 6 heteroatoms. The molecule has 0 aliphatic heterocycles. The van der Waals surface area contributed by atoms with Crippen LogP contribution in [0, 0.1) is 0 Å². The van der Waals surface area contributed by atoms with Crippen LogP contribution < -0.4 is 10.5 Å². The summed E-state index contributed by atoms with van der Waals surface area (Å²) < 4.78 is 12.8. The van der Waals surface area contributed by atoms with E-state index in [9.17, 15) is 4.79 Å². The van der Waals surface area contributed by atoms with Crippen molar-refractivity contribution in [3.05, 3.63) is 72.8 Å². The molecule has 0 aliphatic carbocycles. The molecule has 0 unspecified atom stereocenters. The molecule has 4 rings (SSSR count). The zero-order valence-electron chi connectivity index (χ0n) is 18.2. The minimum atomic E-state index is -0.177. The zero-order valence-corrected chi connectivity index (χ0v) is 18.2. The van der Waals surface area contributed by atoms with E-state index in [1.807, 2.05) is 48.5 Å². The lowest BCUT2D eigenvalue weighted by Crippen LogP contribution is -2.03. The summed E-state index contributed by atoms with van der Waals surface area (Å²) in [5, 5.41) is 0. The highest BCUT2D eigenvalue weighted by Crippen LogP contribution is 2.34. The van der Waals surface area contributed by atoms with E-state index < -0.39 is 0 Å². The highest BCUT2D eigenvalue weighted by atomic mass is 16.5. The Bertz CT molecular complexity index is 1190. The van der Waals surface area contributed by atoms with Crippen molar-refractivity contribution in [2.75, 3.05) is 19.5 Å². The molecular weight excluding hydrogens is 402 g/mol. The van der Waals surface area contributed by atoms with Gasteiger partial charge in [0, 0.05) is 23.7 Å². The number of carbonyl (C=O) groups excluding carboxylic acids is 1. The van der Waals surface area contributed by atoms with E-state index in [1.54, 1.807) is 0 Å². The molecule has 3 aromatic carbocycles. The highest BCUT2D eigenvalue weighted by Gasteiger charge is 2.16. The summed E-state index contributed by atoms with van der Waals surface area (Å²) in [4.78, 5) is 16.1. The average Bonchev–Trinajstić information content (AvgIpc) is 3.20. The van der Waals surface area contributed by atoms with Crippen molar-refractivity contribution in [3.63, 3.8) is 0 Å². The Labute approximate surface area is 187 Å². The summed E-state index contributed by atoms with van der Waals surface area (Å²) in [6.45, 7) is 0.530. The number of fused-ring (bicyclic) bond motifs is 1. The number of methoxy groups -OCH3 is 1. The molecule has 1 heterocycles. The number of nitrogens with zero attached hydrogens (tertiary/aromatic N) is 2. The number of rotatable bonds is 9. The molecule has 4 aromatic rings. The molecule has 0 aliphatic rings. The van der Waals surface area contributed by atoms with Crippen LogP contribution >= 0.6 is 0 Å². The fraction of sp³-hybridized carbons (Fsp3) is 0.231. The summed E-state index contributed by atoms with van der Waals surface area (Å²) in [5.74, 6) is 1.32. The molecule has 0 atom stereocenters. The van der Waals surface area contributed by atoms with Gasteiger partial charge < -0.3 is 15.2 Å². The van der Waals surface area contributed by atoms with Gasteiger partial charge in [-0.25, -0.2) is 4.98 Å². The first kappa shape index (κ1) is 21.4. The molecule has 0 saturated heterocycles. The van der Waals surface area contributed by atoms with Crippen LogP contribution in [0.5, 0.6) is 5.75 Å². The molecule has 0 saturated carbocycles. The number of hydrogen-bond donors (Lipinski definition) is 1. The number of esters is 1. The van der Waals surface area contributed by atoms with E-state index >= 15 is 0 Å². The van der Waals surface area contributed by atoms with Gasteiger partial charge in [0.05, 0.1) is 30.4 Å².